The van der Waals surface area contributed by atoms with Gasteiger partial charge in [-0.15, -0.1) is 16.7 Å². The number of tetrazole rings is 1. The number of hydrogen-bond acceptors (Lipinski definition) is 3. The van der Waals surface area contributed by atoms with Crippen molar-refractivity contribution < 1.29 is 4.39 Å². The number of alkyl halides is 1. The molecule has 1 unspecified atom stereocenters. The maximum absolute atomic E-state index is 13.7. The van der Waals surface area contributed by atoms with Crippen molar-refractivity contribution in [2.45, 2.75) is 12.3 Å². The van der Waals surface area contributed by atoms with Gasteiger partial charge in [0.1, 0.15) is 11.5 Å². The quantitative estimate of drug-likeness (QED) is 0.801. The van der Waals surface area contributed by atoms with Crippen molar-refractivity contribution in [3.63, 3.8) is 0 Å². The molecule has 0 radical (unpaired) electrons. The standard InChI is InChI=1S/C9H7BrClFN4/c1-5(11)9-13-14-15-16(9)8-3-2-6(10)4-7(8)12/h2-5H,1H3. The van der Waals surface area contributed by atoms with Gasteiger partial charge in [0.2, 0.25) is 0 Å². The summed E-state index contributed by atoms with van der Waals surface area (Å²) in [5, 5.41) is 10.6. The van der Waals surface area contributed by atoms with E-state index >= 15 is 0 Å². The Morgan fingerprint density at radius 1 is 1.50 bits per heavy atom. The highest BCUT2D eigenvalue weighted by Gasteiger charge is 2.16. The van der Waals surface area contributed by atoms with E-state index in [4.69, 9.17) is 11.6 Å². The van der Waals surface area contributed by atoms with Gasteiger partial charge in [0.05, 0.1) is 5.38 Å². The van der Waals surface area contributed by atoms with Crippen molar-refractivity contribution in [3.8, 4) is 5.69 Å². The van der Waals surface area contributed by atoms with Crippen molar-refractivity contribution in [2.75, 3.05) is 0 Å². The zero-order valence-electron chi connectivity index (χ0n) is 8.23. The fourth-order valence-corrected chi connectivity index (χ4v) is 1.74. The summed E-state index contributed by atoms with van der Waals surface area (Å²) in [5.41, 5.74) is 0.274. The molecule has 0 amide bonds. The van der Waals surface area contributed by atoms with Crippen LogP contribution in [0.5, 0.6) is 0 Å². The Kier molecular flexibility index (Phi) is 3.20. The molecule has 0 N–H and O–H groups in total. The first-order valence-electron chi connectivity index (χ1n) is 4.47. The zero-order chi connectivity index (χ0) is 11.7. The van der Waals surface area contributed by atoms with E-state index in [1.807, 2.05) is 0 Å². The third-order valence-electron chi connectivity index (χ3n) is 1.99. The summed E-state index contributed by atoms with van der Waals surface area (Å²) in [6, 6.07) is 4.64. The lowest BCUT2D eigenvalue weighted by Crippen LogP contribution is -2.05. The summed E-state index contributed by atoms with van der Waals surface area (Å²) < 4.78 is 15.6. The number of aromatic nitrogens is 4. The Morgan fingerprint density at radius 3 is 2.88 bits per heavy atom. The van der Waals surface area contributed by atoms with Crippen LogP contribution in [0.15, 0.2) is 22.7 Å². The molecule has 4 nitrogen and oxygen atoms in total. The number of nitrogens with zero attached hydrogens (tertiary/aromatic N) is 4. The second-order valence-corrected chi connectivity index (χ2v) is 4.73. The summed E-state index contributed by atoms with van der Waals surface area (Å²) in [6.07, 6.45) is 0. The average molecular weight is 306 g/mol. The van der Waals surface area contributed by atoms with Crippen LogP contribution >= 0.6 is 27.5 Å². The first kappa shape index (κ1) is 11.5. The monoisotopic (exact) mass is 304 g/mol. The fraction of sp³-hybridized carbons (Fsp3) is 0.222. The molecule has 0 spiro atoms. The molecule has 0 aliphatic heterocycles. The molecule has 16 heavy (non-hydrogen) atoms. The van der Waals surface area contributed by atoms with Crippen molar-refractivity contribution in [1.82, 2.24) is 20.2 Å². The molecule has 0 saturated heterocycles. The minimum Gasteiger partial charge on any atom is -0.205 e. The van der Waals surface area contributed by atoms with Crippen LogP contribution in [0.4, 0.5) is 4.39 Å². The van der Waals surface area contributed by atoms with E-state index in [9.17, 15) is 4.39 Å². The lowest BCUT2D eigenvalue weighted by molar-refractivity contribution is 0.601. The van der Waals surface area contributed by atoms with Gasteiger partial charge < -0.3 is 0 Å². The van der Waals surface area contributed by atoms with Crippen LogP contribution in [0.25, 0.3) is 5.69 Å². The Hall–Kier alpha value is -1.01. The van der Waals surface area contributed by atoms with E-state index in [-0.39, 0.29) is 5.69 Å². The minimum atomic E-state index is -0.416. The molecule has 1 atom stereocenters. The molecule has 0 saturated carbocycles. The molecule has 7 heteroatoms. The predicted octanol–water partition coefficient (Wildman–Crippen LogP) is 2.86. The van der Waals surface area contributed by atoms with Crippen LogP contribution in [-0.4, -0.2) is 20.2 Å². The third-order valence-corrected chi connectivity index (χ3v) is 2.68. The van der Waals surface area contributed by atoms with Crippen LogP contribution < -0.4 is 0 Å². The predicted molar refractivity (Wildman–Crippen MR) is 61.1 cm³/mol. The Bertz CT molecular complexity index is 514. The second kappa shape index (κ2) is 4.47. The van der Waals surface area contributed by atoms with Gasteiger partial charge in [0.25, 0.3) is 0 Å². The van der Waals surface area contributed by atoms with Gasteiger partial charge in [0.15, 0.2) is 5.82 Å². The molecule has 1 aromatic heterocycles. The molecule has 0 aliphatic rings. The van der Waals surface area contributed by atoms with E-state index in [0.717, 1.165) is 0 Å². The normalized spacial score (nSPS) is 12.8. The van der Waals surface area contributed by atoms with Crippen molar-refractivity contribution in [1.29, 1.82) is 0 Å². The Balaban J connectivity index is 2.54. The first-order chi connectivity index (χ1) is 7.59. The summed E-state index contributed by atoms with van der Waals surface area (Å²) in [4.78, 5) is 0. The zero-order valence-corrected chi connectivity index (χ0v) is 10.6. The van der Waals surface area contributed by atoms with E-state index < -0.39 is 11.2 Å². The smallest absolute Gasteiger partial charge is 0.174 e. The molecule has 1 heterocycles. The molecular formula is C9H7BrClFN4. The van der Waals surface area contributed by atoms with Gasteiger partial charge in [-0.25, -0.2) is 4.39 Å². The lowest BCUT2D eigenvalue weighted by Gasteiger charge is -2.06. The molecule has 84 valence electrons. The topological polar surface area (TPSA) is 43.6 Å². The maximum Gasteiger partial charge on any atom is 0.174 e. The molecule has 2 rings (SSSR count). The van der Waals surface area contributed by atoms with Gasteiger partial charge in [-0.2, -0.15) is 4.68 Å². The minimum absolute atomic E-state index is 0.274. The van der Waals surface area contributed by atoms with Crippen LogP contribution in [0.1, 0.15) is 18.1 Å². The molecular weight excluding hydrogens is 298 g/mol. The number of halogens is 3. The second-order valence-electron chi connectivity index (χ2n) is 3.16. The van der Waals surface area contributed by atoms with E-state index in [2.05, 4.69) is 31.5 Å². The van der Waals surface area contributed by atoms with E-state index in [1.54, 1.807) is 19.1 Å². The van der Waals surface area contributed by atoms with Gasteiger partial charge in [-0.05, 0) is 35.5 Å². The summed E-state index contributed by atoms with van der Waals surface area (Å²) in [5.74, 6) is -0.0110. The Morgan fingerprint density at radius 2 is 2.25 bits per heavy atom. The van der Waals surface area contributed by atoms with Crippen molar-refractivity contribution >= 4 is 27.5 Å². The number of benzene rings is 1. The van der Waals surface area contributed by atoms with Gasteiger partial charge >= 0.3 is 0 Å². The van der Waals surface area contributed by atoms with Gasteiger partial charge in [-0.1, -0.05) is 15.9 Å². The highest BCUT2D eigenvalue weighted by atomic mass is 79.9. The SMILES string of the molecule is CC(Cl)c1nnnn1-c1ccc(Br)cc1F. The van der Waals surface area contributed by atoms with Gasteiger partial charge in [-0.3, -0.25) is 0 Å². The number of hydrogen-bond donors (Lipinski definition) is 0. The molecule has 2 aromatic rings. The molecule has 0 fully saturated rings. The van der Waals surface area contributed by atoms with E-state index in [1.165, 1.54) is 10.7 Å². The van der Waals surface area contributed by atoms with Crippen LogP contribution in [-0.2, 0) is 0 Å². The summed E-state index contributed by atoms with van der Waals surface area (Å²) in [7, 11) is 0. The third kappa shape index (κ3) is 2.08. The summed E-state index contributed by atoms with van der Waals surface area (Å²) >= 11 is 9.07. The molecule has 0 bridgehead atoms. The fourth-order valence-electron chi connectivity index (χ4n) is 1.27. The molecule has 1 aromatic carbocycles. The van der Waals surface area contributed by atoms with Crippen molar-refractivity contribution in [2.24, 2.45) is 0 Å². The van der Waals surface area contributed by atoms with Crippen LogP contribution in [0.3, 0.4) is 0 Å². The molecule has 0 aliphatic carbocycles. The summed E-state index contributed by atoms with van der Waals surface area (Å²) in [6.45, 7) is 1.72. The Labute approximate surface area is 105 Å². The maximum atomic E-state index is 13.7. The highest BCUT2D eigenvalue weighted by molar-refractivity contribution is 9.10. The van der Waals surface area contributed by atoms with Crippen LogP contribution in [0.2, 0.25) is 0 Å². The lowest BCUT2D eigenvalue weighted by atomic mass is 10.3. The first-order valence-corrected chi connectivity index (χ1v) is 5.70. The van der Waals surface area contributed by atoms with Crippen LogP contribution in [0, 0.1) is 5.82 Å². The highest BCUT2D eigenvalue weighted by Crippen LogP contribution is 2.22. The number of rotatable bonds is 2. The van der Waals surface area contributed by atoms with Gasteiger partial charge in [0, 0.05) is 4.47 Å². The largest absolute Gasteiger partial charge is 0.205 e. The average Bonchev–Trinajstić information content (AvgIpc) is 2.66. The van der Waals surface area contributed by atoms with Crippen molar-refractivity contribution in [3.05, 3.63) is 34.3 Å². The van der Waals surface area contributed by atoms with E-state index in [0.29, 0.717) is 10.3 Å².